The van der Waals surface area contributed by atoms with Crippen molar-refractivity contribution in [3.05, 3.63) is 63.9 Å². The molecule has 2 aromatic carbocycles. The third-order valence-corrected chi connectivity index (χ3v) is 5.76. The van der Waals surface area contributed by atoms with Gasteiger partial charge >= 0.3 is 0 Å². The number of methoxy groups -OCH3 is 1. The van der Waals surface area contributed by atoms with Gasteiger partial charge in [-0.15, -0.1) is 0 Å². The minimum atomic E-state index is -4.09. The Bertz CT molecular complexity index is 1150. The number of anilines is 1. The van der Waals surface area contributed by atoms with Crippen molar-refractivity contribution in [2.24, 2.45) is 0 Å². The van der Waals surface area contributed by atoms with Gasteiger partial charge in [-0.2, -0.15) is 3.97 Å². The van der Waals surface area contributed by atoms with Gasteiger partial charge in [0.2, 0.25) is 0 Å². The minimum Gasteiger partial charge on any atom is -0.496 e. The number of aryl methyl sites for hydroxylation is 2. The zero-order chi connectivity index (χ0) is 18.4. The number of fused-ring (bicyclic) bond motifs is 1. The van der Waals surface area contributed by atoms with Gasteiger partial charge in [-0.1, -0.05) is 6.07 Å². The average molecular weight is 358 g/mol. The maximum absolute atomic E-state index is 13.2. The van der Waals surface area contributed by atoms with Crippen LogP contribution in [-0.4, -0.2) is 19.5 Å². The molecular formula is C18H18N2O4S. The molecule has 25 heavy (non-hydrogen) atoms. The van der Waals surface area contributed by atoms with E-state index in [0.717, 1.165) is 3.97 Å². The Morgan fingerprint density at radius 1 is 1.00 bits per heavy atom. The van der Waals surface area contributed by atoms with E-state index in [9.17, 15) is 13.2 Å². The predicted octanol–water partition coefficient (Wildman–Crippen LogP) is 2.45. The molecule has 7 heteroatoms. The van der Waals surface area contributed by atoms with Crippen LogP contribution in [-0.2, 0) is 10.0 Å². The molecule has 130 valence electrons. The van der Waals surface area contributed by atoms with Crippen molar-refractivity contribution in [1.29, 1.82) is 0 Å². The summed E-state index contributed by atoms with van der Waals surface area (Å²) >= 11 is 0. The van der Waals surface area contributed by atoms with E-state index in [0.29, 0.717) is 28.0 Å². The molecule has 0 radical (unpaired) electrons. The van der Waals surface area contributed by atoms with E-state index < -0.39 is 15.6 Å². The predicted molar refractivity (Wildman–Crippen MR) is 97.7 cm³/mol. The molecule has 0 fully saturated rings. The number of hydrogen-bond acceptors (Lipinski definition) is 5. The summed E-state index contributed by atoms with van der Waals surface area (Å²) in [5, 5.41) is 0.625. The summed E-state index contributed by atoms with van der Waals surface area (Å²) in [6, 6.07) is 11.0. The number of nitrogen functional groups attached to an aromatic ring is 1. The highest BCUT2D eigenvalue weighted by molar-refractivity contribution is 7.90. The van der Waals surface area contributed by atoms with Gasteiger partial charge < -0.3 is 10.5 Å². The van der Waals surface area contributed by atoms with Crippen molar-refractivity contribution in [2.75, 3.05) is 12.8 Å². The SMILES string of the molecule is COc1ccc(S(=O)(=O)n2c(=O)c(C)cc3ccc(N)cc32)cc1C. The highest BCUT2D eigenvalue weighted by Gasteiger charge is 2.23. The zero-order valence-electron chi connectivity index (χ0n) is 14.1. The van der Waals surface area contributed by atoms with E-state index in [1.807, 2.05) is 0 Å². The second-order valence-electron chi connectivity index (χ2n) is 5.85. The van der Waals surface area contributed by atoms with Crippen LogP contribution >= 0.6 is 0 Å². The Kier molecular flexibility index (Phi) is 4.04. The van der Waals surface area contributed by atoms with Gasteiger partial charge in [-0.25, -0.2) is 8.42 Å². The van der Waals surface area contributed by atoms with Crippen molar-refractivity contribution in [2.45, 2.75) is 18.7 Å². The number of hydrogen-bond donors (Lipinski definition) is 1. The van der Waals surface area contributed by atoms with Crippen LogP contribution in [0.3, 0.4) is 0 Å². The third kappa shape index (κ3) is 2.76. The fourth-order valence-electron chi connectivity index (χ4n) is 2.78. The van der Waals surface area contributed by atoms with Gasteiger partial charge in [0, 0.05) is 11.3 Å². The van der Waals surface area contributed by atoms with Crippen LogP contribution in [0.2, 0.25) is 0 Å². The first-order valence-electron chi connectivity index (χ1n) is 7.58. The first-order chi connectivity index (χ1) is 11.8. The molecule has 0 saturated heterocycles. The number of aromatic nitrogens is 1. The lowest BCUT2D eigenvalue weighted by atomic mass is 10.1. The van der Waals surface area contributed by atoms with E-state index in [-0.39, 0.29) is 10.4 Å². The van der Waals surface area contributed by atoms with Crippen molar-refractivity contribution in [3.63, 3.8) is 0 Å². The summed E-state index contributed by atoms with van der Waals surface area (Å²) in [6.07, 6.45) is 0. The maximum Gasteiger partial charge on any atom is 0.271 e. The summed E-state index contributed by atoms with van der Waals surface area (Å²) in [5.41, 5.74) is 6.84. The number of nitrogens with two attached hydrogens (primary N) is 1. The Morgan fingerprint density at radius 2 is 1.72 bits per heavy atom. The van der Waals surface area contributed by atoms with Crippen molar-refractivity contribution >= 4 is 26.6 Å². The van der Waals surface area contributed by atoms with Crippen LogP contribution in [0.15, 0.2) is 52.2 Å². The highest BCUT2D eigenvalue weighted by Crippen LogP contribution is 2.25. The lowest BCUT2D eigenvalue weighted by molar-refractivity contribution is 0.411. The number of ether oxygens (including phenoxy) is 1. The van der Waals surface area contributed by atoms with Crippen LogP contribution in [0, 0.1) is 13.8 Å². The van der Waals surface area contributed by atoms with E-state index in [1.54, 1.807) is 38.1 Å². The largest absolute Gasteiger partial charge is 0.496 e. The van der Waals surface area contributed by atoms with E-state index in [4.69, 9.17) is 10.5 Å². The molecule has 0 saturated carbocycles. The molecule has 0 spiro atoms. The topological polar surface area (TPSA) is 91.4 Å². The Morgan fingerprint density at radius 3 is 2.36 bits per heavy atom. The Hall–Kier alpha value is -2.80. The van der Waals surface area contributed by atoms with Crippen LogP contribution in [0.1, 0.15) is 11.1 Å². The second-order valence-corrected chi connectivity index (χ2v) is 7.64. The summed E-state index contributed by atoms with van der Waals surface area (Å²) in [5.74, 6) is 0.574. The van der Waals surface area contributed by atoms with Gasteiger partial charge in [0.15, 0.2) is 0 Å². The fraction of sp³-hybridized carbons (Fsp3) is 0.167. The van der Waals surface area contributed by atoms with Gasteiger partial charge in [0.1, 0.15) is 5.75 Å². The first kappa shape index (κ1) is 17.0. The molecule has 6 nitrogen and oxygen atoms in total. The number of nitrogens with zero attached hydrogens (tertiary/aromatic N) is 1. The maximum atomic E-state index is 13.2. The normalized spacial score (nSPS) is 11.6. The zero-order valence-corrected chi connectivity index (χ0v) is 14.9. The van der Waals surface area contributed by atoms with E-state index in [2.05, 4.69) is 0 Å². The number of pyridine rings is 1. The van der Waals surface area contributed by atoms with Crippen LogP contribution in [0.25, 0.3) is 10.9 Å². The molecule has 1 aromatic heterocycles. The summed E-state index contributed by atoms with van der Waals surface area (Å²) in [7, 11) is -2.58. The molecule has 0 aliphatic carbocycles. The molecule has 0 aliphatic heterocycles. The van der Waals surface area contributed by atoms with Crippen LogP contribution < -0.4 is 16.0 Å². The number of benzene rings is 2. The third-order valence-electron chi connectivity index (χ3n) is 4.07. The summed E-state index contributed by atoms with van der Waals surface area (Å²) < 4.78 is 32.3. The average Bonchev–Trinajstić information content (AvgIpc) is 2.56. The molecule has 0 aliphatic rings. The fourth-order valence-corrected chi connectivity index (χ4v) is 4.33. The highest BCUT2D eigenvalue weighted by atomic mass is 32.2. The van der Waals surface area contributed by atoms with Gasteiger partial charge in [0.25, 0.3) is 15.6 Å². The van der Waals surface area contributed by atoms with Crippen molar-refractivity contribution in [1.82, 2.24) is 3.97 Å². The summed E-state index contributed by atoms with van der Waals surface area (Å²) in [6.45, 7) is 3.33. The second kappa shape index (κ2) is 5.93. The first-order valence-corrected chi connectivity index (χ1v) is 9.02. The molecule has 3 rings (SSSR count). The van der Waals surface area contributed by atoms with Crippen molar-refractivity contribution < 1.29 is 13.2 Å². The molecule has 0 atom stereocenters. The van der Waals surface area contributed by atoms with Gasteiger partial charge in [-0.05, 0) is 61.2 Å². The molecule has 3 aromatic rings. The lowest BCUT2D eigenvalue weighted by Crippen LogP contribution is -2.29. The van der Waals surface area contributed by atoms with E-state index >= 15 is 0 Å². The molecule has 0 bridgehead atoms. The Balaban J connectivity index is 2.38. The monoisotopic (exact) mass is 358 g/mol. The minimum absolute atomic E-state index is 0.0159. The lowest BCUT2D eigenvalue weighted by Gasteiger charge is -2.14. The van der Waals surface area contributed by atoms with Crippen LogP contribution in [0.4, 0.5) is 5.69 Å². The molecular weight excluding hydrogens is 340 g/mol. The molecule has 0 unspecified atom stereocenters. The molecule has 1 heterocycles. The smallest absolute Gasteiger partial charge is 0.271 e. The number of rotatable bonds is 3. The van der Waals surface area contributed by atoms with Gasteiger partial charge in [-0.3, -0.25) is 4.79 Å². The molecule has 2 N–H and O–H groups in total. The van der Waals surface area contributed by atoms with E-state index in [1.165, 1.54) is 25.3 Å². The Labute approximate surface area is 145 Å². The summed E-state index contributed by atoms with van der Waals surface area (Å²) in [4.78, 5) is 12.7. The van der Waals surface area contributed by atoms with Gasteiger partial charge in [0.05, 0.1) is 17.5 Å². The molecule has 0 amide bonds. The van der Waals surface area contributed by atoms with Crippen molar-refractivity contribution in [3.8, 4) is 5.75 Å². The van der Waals surface area contributed by atoms with Crippen LogP contribution in [0.5, 0.6) is 5.75 Å². The standard InChI is InChI=1S/C18H18N2O4S/c1-11-9-15(6-7-17(11)24-3)25(22,23)20-16-10-14(19)5-4-13(16)8-12(2)18(20)21/h4-10H,19H2,1-3H3. The quantitative estimate of drug-likeness (QED) is 0.726.